The molecule has 1 saturated carbocycles. The fourth-order valence-electron chi connectivity index (χ4n) is 5.09. The lowest BCUT2D eigenvalue weighted by molar-refractivity contribution is -0.142. The summed E-state index contributed by atoms with van der Waals surface area (Å²) in [5.74, 6) is 1.59. The molecule has 5 nitrogen and oxygen atoms in total. The largest absolute Gasteiger partial charge is 0.378 e. The van der Waals surface area contributed by atoms with E-state index in [2.05, 4.69) is 9.80 Å². The Labute approximate surface area is 152 Å². The molecular weight excluding hydrogens is 314 g/mol. The first kappa shape index (κ1) is 17.7. The van der Waals surface area contributed by atoms with Gasteiger partial charge in [0.15, 0.2) is 0 Å². The van der Waals surface area contributed by atoms with Crippen molar-refractivity contribution in [1.82, 2.24) is 14.7 Å². The van der Waals surface area contributed by atoms with Crippen LogP contribution in [0.25, 0.3) is 0 Å². The summed E-state index contributed by atoms with van der Waals surface area (Å²) in [6.45, 7) is 9.04. The molecule has 5 heteroatoms. The molecule has 3 saturated heterocycles. The lowest BCUT2D eigenvalue weighted by atomic mass is 9.84. The molecule has 0 aromatic rings. The minimum Gasteiger partial charge on any atom is -0.378 e. The predicted octanol–water partition coefficient (Wildman–Crippen LogP) is 1.82. The van der Waals surface area contributed by atoms with E-state index in [9.17, 15) is 4.79 Å². The molecule has 0 aromatic carbocycles. The van der Waals surface area contributed by atoms with E-state index >= 15 is 0 Å². The minimum atomic E-state index is 0.222. The second kappa shape index (κ2) is 8.36. The predicted molar refractivity (Wildman–Crippen MR) is 98.5 cm³/mol. The molecule has 0 bridgehead atoms. The van der Waals surface area contributed by atoms with Crippen molar-refractivity contribution in [2.24, 2.45) is 11.8 Å². The third-order valence-electron chi connectivity index (χ3n) is 6.94. The van der Waals surface area contributed by atoms with Crippen molar-refractivity contribution >= 4 is 5.91 Å². The van der Waals surface area contributed by atoms with Gasteiger partial charge in [0.1, 0.15) is 0 Å². The fraction of sp³-hybridized carbons (Fsp3) is 0.950. The van der Waals surface area contributed by atoms with Gasteiger partial charge in [0.25, 0.3) is 0 Å². The number of rotatable bonds is 4. The first-order valence-electron chi connectivity index (χ1n) is 10.6. The van der Waals surface area contributed by atoms with Gasteiger partial charge >= 0.3 is 0 Å². The van der Waals surface area contributed by atoms with Gasteiger partial charge in [-0.05, 0) is 64.1 Å². The Morgan fingerprint density at radius 2 is 1.64 bits per heavy atom. The van der Waals surface area contributed by atoms with Gasteiger partial charge in [-0.15, -0.1) is 0 Å². The molecule has 3 heterocycles. The average Bonchev–Trinajstić information content (AvgIpc) is 2.65. The fourth-order valence-corrected chi connectivity index (χ4v) is 5.09. The maximum absolute atomic E-state index is 12.8. The van der Waals surface area contributed by atoms with Crippen LogP contribution in [0.1, 0.15) is 44.9 Å². The monoisotopic (exact) mass is 349 g/mol. The summed E-state index contributed by atoms with van der Waals surface area (Å²) in [4.78, 5) is 20.2. The molecule has 0 radical (unpaired) electrons. The standard InChI is InChI=1S/C20H35N3O2/c24-20(22-11-13-25-14-12-22)18-5-2-8-23(16-18)19-6-9-21(10-7-19)15-17-3-1-4-17/h17-19H,1-16H2. The lowest BCUT2D eigenvalue weighted by Gasteiger charge is -2.44. The highest BCUT2D eigenvalue weighted by atomic mass is 16.5. The molecule has 0 aromatic heterocycles. The van der Waals surface area contributed by atoms with Crippen LogP contribution in [0.5, 0.6) is 0 Å². The van der Waals surface area contributed by atoms with Crippen molar-refractivity contribution < 1.29 is 9.53 Å². The number of amides is 1. The third-order valence-corrected chi connectivity index (χ3v) is 6.94. The molecule has 4 fully saturated rings. The number of ether oxygens (including phenoxy) is 1. The van der Waals surface area contributed by atoms with Crippen LogP contribution in [-0.2, 0) is 9.53 Å². The van der Waals surface area contributed by atoms with E-state index in [-0.39, 0.29) is 5.92 Å². The van der Waals surface area contributed by atoms with Crippen molar-refractivity contribution in [3.63, 3.8) is 0 Å². The molecule has 1 amide bonds. The van der Waals surface area contributed by atoms with Crippen LogP contribution in [0.15, 0.2) is 0 Å². The molecule has 4 rings (SSSR count). The maximum Gasteiger partial charge on any atom is 0.227 e. The molecule has 4 aliphatic rings. The minimum absolute atomic E-state index is 0.222. The van der Waals surface area contributed by atoms with E-state index in [0.717, 1.165) is 32.0 Å². The van der Waals surface area contributed by atoms with Crippen LogP contribution in [0.3, 0.4) is 0 Å². The molecular formula is C20H35N3O2. The van der Waals surface area contributed by atoms with Gasteiger partial charge in [-0.25, -0.2) is 0 Å². The van der Waals surface area contributed by atoms with E-state index in [0.29, 0.717) is 25.2 Å². The Morgan fingerprint density at radius 3 is 2.32 bits per heavy atom. The van der Waals surface area contributed by atoms with Gasteiger partial charge in [0.2, 0.25) is 5.91 Å². The zero-order valence-electron chi connectivity index (χ0n) is 15.7. The van der Waals surface area contributed by atoms with Gasteiger partial charge in [0.05, 0.1) is 19.1 Å². The summed E-state index contributed by atoms with van der Waals surface area (Å²) < 4.78 is 5.39. The number of hydrogen-bond donors (Lipinski definition) is 0. The molecule has 1 unspecified atom stereocenters. The molecule has 0 spiro atoms. The quantitative estimate of drug-likeness (QED) is 0.776. The highest BCUT2D eigenvalue weighted by Crippen LogP contribution is 2.29. The Bertz CT molecular complexity index is 440. The number of carbonyl (C=O) groups excluding carboxylic acids is 1. The number of piperidine rings is 2. The topological polar surface area (TPSA) is 36.0 Å². The SMILES string of the molecule is O=C(C1CCCN(C2CCN(CC3CCC3)CC2)C1)N1CCOCC1. The summed E-state index contributed by atoms with van der Waals surface area (Å²) in [5, 5.41) is 0. The Kier molecular flexibility index (Phi) is 5.94. The molecule has 0 N–H and O–H groups in total. The Hall–Kier alpha value is -0.650. The van der Waals surface area contributed by atoms with Crippen LogP contribution in [0, 0.1) is 11.8 Å². The van der Waals surface area contributed by atoms with Crippen molar-refractivity contribution in [3.8, 4) is 0 Å². The van der Waals surface area contributed by atoms with E-state index in [4.69, 9.17) is 4.74 Å². The highest BCUT2D eigenvalue weighted by Gasteiger charge is 2.34. The van der Waals surface area contributed by atoms with Gasteiger partial charge in [0, 0.05) is 32.2 Å². The normalized spacial score (nSPS) is 31.0. The summed E-state index contributed by atoms with van der Waals surface area (Å²) in [6, 6.07) is 0.706. The van der Waals surface area contributed by atoms with Crippen molar-refractivity contribution in [2.45, 2.75) is 51.0 Å². The van der Waals surface area contributed by atoms with Crippen molar-refractivity contribution in [3.05, 3.63) is 0 Å². The van der Waals surface area contributed by atoms with Gasteiger partial charge < -0.3 is 14.5 Å². The van der Waals surface area contributed by atoms with E-state index < -0.39 is 0 Å². The molecule has 1 atom stereocenters. The summed E-state index contributed by atoms with van der Waals surface area (Å²) in [7, 11) is 0. The summed E-state index contributed by atoms with van der Waals surface area (Å²) in [6.07, 6.45) is 9.22. The van der Waals surface area contributed by atoms with E-state index in [1.807, 2.05) is 4.90 Å². The average molecular weight is 350 g/mol. The molecule has 3 aliphatic heterocycles. The number of carbonyl (C=O) groups is 1. The second-order valence-electron chi connectivity index (χ2n) is 8.60. The van der Waals surface area contributed by atoms with Gasteiger partial charge in [-0.2, -0.15) is 0 Å². The zero-order chi connectivity index (χ0) is 17.1. The van der Waals surface area contributed by atoms with E-state index in [1.165, 1.54) is 64.7 Å². The molecule has 1 aliphatic carbocycles. The summed E-state index contributed by atoms with van der Waals surface area (Å²) >= 11 is 0. The number of likely N-dealkylation sites (tertiary alicyclic amines) is 2. The van der Waals surface area contributed by atoms with Crippen LogP contribution < -0.4 is 0 Å². The molecule has 142 valence electrons. The number of nitrogens with zero attached hydrogens (tertiary/aromatic N) is 3. The maximum atomic E-state index is 12.8. The first-order chi connectivity index (χ1) is 12.3. The van der Waals surface area contributed by atoms with Crippen molar-refractivity contribution in [2.75, 3.05) is 59.0 Å². The van der Waals surface area contributed by atoms with Crippen LogP contribution in [-0.4, -0.2) is 85.7 Å². The van der Waals surface area contributed by atoms with Gasteiger partial charge in [-0.3, -0.25) is 9.69 Å². The molecule has 25 heavy (non-hydrogen) atoms. The second-order valence-corrected chi connectivity index (χ2v) is 8.60. The first-order valence-corrected chi connectivity index (χ1v) is 10.6. The van der Waals surface area contributed by atoms with Crippen LogP contribution in [0.4, 0.5) is 0 Å². The van der Waals surface area contributed by atoms with Crippen LogP contribution >= 0.6 is 0 Å². The Balaban J connectivity index is 1.24. The zero-order valence-corrected chi connectivity index (χ0v) is 15.7. The summed E-state index contributed by atoms with van der Waals surface area (Å²) in [5.41, 5.74) is 0. The highest BCUT2D eigenvalue weighted by molar-refractivity contribution is 5.79. The number of morpholine rings is 1. The van der Waals surface area contributed by atoms with Gasteiger partial charge in [-0.1, -0.05) is 6.42 Å². The smallest absolute Gasteiger partial charge is 0.227 e. The number of hydrogen-bond acceptors (Lipinski definition) is 4. The van der Waals surface area contributed by atoms with Crippen LogP contribution in [0.2, 0.25) is 0 Å². The Morgan fingerprint density at radius 1 is 0.880 bits per heavy atom. The lowest BCUT2D eigenvalue weighted by Crippen LogP contribution is -2.52. The van der Waals surface area contributed by atoms with Crippen molar-refractivity contribution in [1.29, 1.82) is 0 Å². The third kappa shape index (κ3) is 4.37. The van der Waals surface area contributed by atoms with E-state index in [1.54, 1.807) is 0 Å².